The zero-order chi connectivity index (χ0) is 17.9. The molecule has 0 N–H and O–H groups in total. The number of carbonyl (C=O) groups excluding carboxylic acids is 4. The maximum Gasteiger partial charge on any atom is 0.344 e. The Hall–Kier alpha value is -2.16. The first-order valence-electron chi connectivity index (χ1n) is 7.16. The van der Waals surface area contributed by atoms with E-state index in [1.54, 1.807) is 13.8 Å². The zero-order valence-electron chi connectivity index (χ0n) is 13.7. The first-order valence-corrected chi connectivity index (χ1v) is 7.16. The van der Waals surface area contributed by atoms with E-state index in [0.29, 0.717) is 0 Å². The Morgan fingerprint density at radius 2 is 1.22 bits per heavy atom. The standard InChI is InChI=1S/C14H22O9/c1-5-19-11(16)8-14(13(18)21-7-3,23-22-10(4)15)9-12(17)20-6-2/h5-9H2,1-4H3. The van der Waals surface area contributed by atoms with Crippen LogP contribution >= 0.6 is 0 Å². The molecule has 9 heteroatoms. The molecule has 0 radical (unpaired) electrons. The van der Waals surface area contributed by atoms with Crippen molar-refractivity contribution in [2.24, 2.45) is 0 Å². The second-order valence-corrected chi connectivity index (χ2v) is 4.34. The summed E-state index contributed by atoms with van der Waals surface area (Å²) >= 11 is 0. The van der Waals surface area contributed by atoms with Crippen LogP contribution in [0.2, 0.25) is 0 Å². The summed E-state index contributed by atoms with van der Waals surface area (Å²) in [5.41, 5.74) is -2.17. The molecule has 0 heterocycles. The largest absolute Gasteiger partial charge is 0.466 e. The molecule has 0 spiro atoms. The molecule has 0 aliphatic heterocycles. The van der Waals surface area contributed by atoms with Gasteiger partial charge in [-0.2, -0.15) is 4.89 Å². The fraction of sp³-hybridized carbons (Fsp3) is 0.714. The van der Waals surface area contributed by atoms with Crippen molar-refractivity contribution in [1.82, 2.24) is 0 Å². The third-order valence-corrected chi connectivity index (χ3v) is 2.44. The van der Waals surface area contributed by atoms with Crippen LogP contribution in [0.4, 0.5) is 0 Å². The van der Waals surface area contributed by atoms with Gasteiger partial charge < -0.3 is 14.2 Å². The fourth-order valence-electron chi connectivity index (χ4n) is 1.59. The van der Waals surface area contributed by atoms with Crippen LogP contribution in [0.1, 0.15) is 40.5 Å². The Kier molecular flexibility index (Phi) is 9.56. The lowest BCUT2D eigenvalue weighted by molar-refractivity contribution is -0.328. The molecule has 0 rings (SSSR count). The van der Waals surface area contributed by atoms with E-state index in [9.17, 15) is 19.2 Å². The zero-order valence-corrected chi connectivity index (χ0v) is 13.7. The van der Waals surface area contributed by atoms with Crippen molar-refractivity contribution in [3.8, 4) is 0 Å². The maximum absolute atomic E-state index is 12.2. The van der Waals surface area contributed by atoms with Crippen LogP contribution in [0.5, 0.6) is 0 Å². The molecule has 0 aliphatic rings. The summed E-state index contributed by atoms with van der Waals surface area (Å²) in [6.45, 7) is 5.80. The number of hydrogen-bond acceptors (Lipinski definition) is 9. The van der Waals surface area contributed by atoms with Crippen molar-refractivity contribution in [3.63, 3.8) is 0 Å². The van der Waals surface area contributed by atoms with Crippen LogP contribution in [-0.4, -0.2) is 49.3 Å². The van der Waals surface area contributed by atoms with E-state index in [4.69, 9.17) is 19.1 Å². The van der Waals surface area contributed by atoms with E-state index in [0.717, 1.165) is 6.92 Å². The average Bonchev–Trinajstić information content (AvgIpc) is 2.45. The van der Waals surface area contributed by atoms with Crippen LogP contribution in [0.15, 0.2) is 0 Å². The molecule has 0 aromatic rings. The summed E-state index contributed by atoms with van der Waals surface area (Å²) in [6.07, 6.45) is -1.35. The molecule has 0 saturated carbocycles. The number of ether oxygens (including phenoxy) is 3. The minimum atomic E-state index is -2.17. The van der Waals surface area contributed by atoms with Gasteiger partial charge in [-0.15, -0.1) is 0 Å². The van der Waals surface area contributed by atoms with Crippen molar-refractivity contribution >= 4 is 23.9 Å². The van der Waals surface area contributed by atoms with Crippen LogP contribution in [-0.2, 0) is 43.2 Å². The molecular weight excluding hydrogens is 312 g/mol. The fourth-order valence-corrected chi connectivity index (χ4v) is 1.59. The second kappa shape index (κ2) is 10.5. The van der Waals surface area contributed by atoms with Gasteiger partial charge in [0.05, 0.1) is 32.7 Å². The molecule has 23 heavy (non-hydrogen) atoms. The molecule has 0 amide bonds. The Morgan fingerprint density at radius 1 is 0.783 bits per heavy atom. The summed E-state index contributed by atoms with van der Waals surface area (Å²) in [7, 11) is 0. The lowest BCUT2D eigenvalue weighted by atomic mass is 9.95. The molecule has 0 fully saturated rings. The molecule has 0 aromatic heterocycles. The maximum atomic E-state index is 12.2. The van der Waals surface area contributed by atoms with Crippen LogP contribution in [0, 0.1) is 0 Å². The third-order valence-electron chi connectivity index (χ3n) is 2.44. The van der Waals surface area contributed by atoms with Gasteiger partial charge >= 0.3 is 23.9 Å². The summed E-state index contributed by atoms with van der Waals surface area (Å²) in [5.74, 6) is -3.55. The van der Waals surface area contributed by atoms with E-state index in [1.807, 2.05) is 0 Å². The minimum absolute atomic E-state index is 0.0321. The van der Waals surface area contributed by atoms with Gasteiger partial charge in [-0.05, 0) is 20.8 Å². The molecule has 0 aromatic carbocycles. The SMILES string of the molecule is CCOC(=O)CC(CC(=O)OCC)(OOC(C)=O)C(=O)OCC. The molecule has 0 atom stereocenters. The van der Waals surface area contributed by atoms with Crippen LogP contribution in [0.25, 0.3) is 0 Å². The van der Waals surface area contributed by atoms with Crippen molar-refractivity contribution in [2.75, 3.05) is 19.8 Å². The quantitative estimate of drug-likeness (QED) is 0.246. The van der Waals surface area contributed by atoms with Gasteiger partial charge in [0.25, 0.3) is 0 Å². The summed E-state index contributed by atoms with van der Waals surface area (Å²) in [6, 6.07) is 0. The number of hydrogen-bond donors (Lipinski definition) is 0. The predicted octanol–water partition coefficient (Wildman–Crippen LogP) is 0.689. The van der Waals surface area contributed by atoms with E-state index in [2.05, 4.69) is 4.89 Å². The van der Waals surface area contributed by atoms with E-state index >= 15 is 0 Å². The van der Waals surface area contributed by atoms with Crippen molar-refractivity contribution in [2.45, 2.75) is 46.1 Å². The highest BCUT2D eigenvalue weighted by Gasteiger charge is 2.49. The Labute approximate surface area is 134 Å². The van der Waals surface area contributed by atoms with Crippen molar-refractivity contribution < 1.29 is 43.2 Å². The number of rotatable bonds is 10. The van der Waals surface area contributed by atoms with Crippen molar-refractivity contribution in [3.05, 3.63) is 0 Å². The molecule has 0 bridgehead atoms. The summed E-state index contributed by atoms with van der Waals surface area (Å²) in [5, 5.41) is 0. The second-order valence-electron chi connectivity index (χ2n) is 4.34. The molecule has 0 unspecified atom stereocenters. The topological polar surface area (TPSA) is 114 Å². The summed E-state index contributed by atoms with van der Waals surface area (Å²) in [4.78, 5) is 55.9. The Morgan fingerprint density at radius 3 is 1.57 bits per heavy atom. The van der Waals surface area contributed by atoms with Gasteiger partial charge in [0.15, 0.2) is 0 Å². The average molecular weight is 334 g/mol. The van der Waals surface area contributed by atoms with E-state index < -0.39 is 42.3 Å². The monoisotopic (exact) mass is 334 g/mol. The van der Waals surface area contributed by atoms with Crippen LogP contribution in [0.3, 0.4) is 0 Å². The van der Waals surface area contributed by atoms with Crippen LogP contribution < -0.4 is 0 Å². The molecule has 132 valence electrons. The third kappa shape index (κ3) is 7.59. The molecular formula is C14H22O9. The lowest BCUT2D eigenvalue weighted by Gasteiger charge is -2.27. The number of carbonyl (C=O) groups is 4. The van der Waals surface area contributed by atoms with Crippen molar-refractivity contribution in [1.29, 1.82) is 0 Å². The van der Waals surface area contributed by atoms with Gasteiger partial charge in [-0.25, -0.2) is 9.59 Å². The normalized spacial score (nSPS) is 10.6. The Balaban J connectivity index is 5.47. The minimum Gasteiger partial charge on any atom is -0.466 e. The Bertz CT molecular complexity index is 410. The molecule has 0 aliphatic carbocycles. The van der Waals surface area contributed by atoms with Gasteiger partial charge in [0, 0.05) is 6.92 Å². The molecule has 0 saturated heterocycles. The highest BCUT2D eigenvalue weighted by atomic mass is 17.2. The van der Waals surface area contributed by atoms with Gasteiger partial charge in [-0.1, -0.05) is 0 Å². The lowest BCUT2D eigenvalue weighted by Crippen LogP contribution is -2.47. The van der Waals surface area contributed by atoms with Gasteiger partial charge in [-0.3, -0.25) is 14.5 Å². The highest BCUT2D eigenvalue weighted by Crippen LogP contribution is 2.25. The van der Waals surface area contributed by atoms with E-state index in [1.165, 1.54) is 6.92 Å². The first-order chi connectivity index (χ1) is 10.8. The van der Waals surface area contributed by atoms with Gasteiger partial charge in [0.2, 0.25) is 5.60 Å². The smallest absolute Gasteiger partial charge is 0.344 e. The highest BCUT2D eigenvalue weighted by molar-refractivity contribution is 5.90. The van der Waals surface area contributed by atoms with Gasteiger partial charge in [0.1, 0.15) is 0 Å². The van der Waals surface area contributed by atoms with E-state index in [-0.39, 0.29) is 19.8 Å². The number of esters is 3. The first kappa shape index (κ1) is 20.8. The summed E-state index contributed by atoms with van der Waals surface area (Å²) < 4.78 is 14.3. The molecule has 9 nitrogen and oxygen atoms in total. The predicted molar refractivity (Wildman–Crippen MR) is 74.7 cm³/mol.